The van der Waals surface area contributed by atoms with E-state index < -0.39 is 0 Å². The van der Waals surface area contributed by atoms with Gasteiger partial charge in [-0.2, -0.15) is 0 Å². The molecule has 0 heterocycles. The van der Waals surface area contributed by atoms with Crippen molar-refractivity contribution in [3.63, 3.8) is 0 Å². The summed E-state index contributed by atoms with van der Waals surface area (Å²) in [5.41, 5.74) is 2.50. The van der Waals surface area contributed by atoms with Crippen LogP contribution in [-0.2, 0) is 0 Å². The third-order valence-corrected chi connectivity index (χ3v) is 3.97. The van der Waals surface area contributed by atoms with Crippen LogP contribution in [-0.4, -0.2) is 27.1 Å². The smallest absolute Gasteiger partial charge is 0.193 e. The standard InChI is InChI=1S/C20H21FO4/c1-12-18(23-3)13(2)20(25-5)17(19(12)24-4)16(22)11-8-14-6-9-15(21)10-7-14/h6-11H,1-5H3. The van der Waals surface area contributed by atoms with Crippen LogP contribution >= 0.6 is 0 Å². The Hall–Kier alpha value is -2.82. The summed E-state index contributed by atoms with van der Waals surface area (Å²) in [6, 6.07) is 5.87. The number of halogens is 1. The van der Waals surface area contributed by atoms with Crippen LogP contribution in [0.2, 0.25) is 0 Å². The van der Waals surface area contributed by atoms with Crippen LogP contribution in [0.25, 0.3) is 6.08 Å². The average Bonchev–Trinajstić information content (AvgIpc) is 2.61. The topological polar surface area (TPSA) is 44.8 Å². The maximum absolute atomic E-state index is 13.0. The van der Waals surface area contributed by atoms with Gasteiger partial charge in [0.15, 0.2) is 5.78 Å². The largest absolute Gasteiger partial charge is 0.496 e. The lowest BCUT2D eigenvalue weighted by molar-refractivity contribution is 0.104. The minimum absolute atomic E-state index is 0.271. The number of allylic oxidation sites excluding steroid dienone is 1. The van der Waals surface area contributed by atoms with Gasteiger partial charge < -0.3 is 14.2 Å². The maximum atomic E-state index is 13.0. The lowest BCUT2D eigenvalue weighted by Gasteiger charge is -2.19. The molecule has 0 spiro atoms. The quantitative estimate of drug-likeness (QED) is 0.577. The van der Waals surface area contributed by atoms with E-state index in [9.17, 15) is 9.18 Å². The van der Waals surface area contributed by atoms with E-state index in [4.69, 9.17) is 14.2 Å². The van der Waals surface area contributed by atoms with Gasteiger partial charge in [-0.15, -0.1) is 0 Å². The zero-order valence-corrected chi connectivity index (χ0v) is 15.0. The fraction of sp³-hybridized carbons (Fsp3) is 0.250. The van der Waals surface area contributed by atoms with E-state index in [-0.39, 0.29) is 11.6 Å². The highest BCUT2D eigenvalue weighted by Crippen LogP contribution is 2.43. The Morgan fingerprint density at radius 2 is 1.36 bits per heavy atom. The van der Waals surface area contributed by atoms with E-state index in [1.165, 1.54) is 32.4 Å². The summed E-state index contributed by atoms with van der Waals surface area (Å²) in [5, 5.41) is 0. The molecule has 0 saturated heterocycles. The number of hydrogen-bond donors (Lipinski definition) is 0. The Balaban J connectivity index is 2.53. The molecule has 25 heavy (non-hydrogen) atoms. The van der Waals surface area contributed by atoms with E-state index in [1.54, 1.807) is 25.3 Å². The zero-order valence-electron chi connectivity index (χ0n) is 15.0. The van der Waals surface area contributed by atoms with Crippen molar-refractivity contribution in [3.8, 4) is 17.2 Å². The fourth-order valence-corrected chi connectivity index (χ4v) is 2.84. The van der Waals surface area contributed by atoms with Gasteiger partial charge >= 0.3 is 0 Å². The number of benzene rings is 2. The summed E-state index contributed by atoms with van der Waals surface area (Å²) in [4.78, 5) is 12.8. The molecule has 0 unspecified atom stereocenters. The lowest BCUT2D eigenvalue weighted by Crippen LogP contribution is -2.08. The molecule has 0 saturated carbocycles. The fourth-order valence-electron chi connectivity index (χ4n) is 2.84. The summed E-state index contributed by atoms with van der Waals surface area (Å²) in [6.45, 7) is 3.65. The molecule has 0 N–H and O–H groups in total. The first-order valence-electron chi connectivity index (χ1n) is 7.71. The minimum Gasteiger partial charge on any atom is -0.496 e. The van der Waals surface area contributed by atoms with E-state index in [2.05, 4.69) is 0 Å². The molecule has 0 aliphatic heterocycles. The number of ether oxygens (including phenoxy) is 3. The highest BCUT2D eigenvalue weighted by molar-refractivity contribution is 6.11. The van der Waals surface area contributed by atoms with E-state index in [0.29, 0.717) is 22.8 Å². The molecule has 2 rings (SSSR count). The van der Waals surface area contributed by atoms with Crippen molar-refractivity contribution in [3.05, 3.63) is 58.4 Å². The molecule has 0 atom stereocenters. The van der Waals surface area contributed by atoms with Gasteiger partial charge in [0.1, 0.15) is 28.6 Å². The predicted octanol–water partition coefficient (Wildman–Crippen LogP) is 4.36. The first-order valence-corrected chi connectivity index (χ1v) is 7.71. The normalized spacial score (nSPS) is 10.8. The van der Waals surface area contributed by atoms with Gasteiger partial charge in [-0.25, -0.2) is 4.39 Å². The van der Waals surface area contributed by atoms with Crippen LogP contribution in [0.5, 0.6) is 17.2 Å². The van der Waals surface area contributed by atoms with Gasteiger partial charge in [-0.3, -0.25) is 4.79 Å². The molecule has 2 aromatic rings. The SMILES string of the molecule is COc1c(C)c(OC)c(C(=O)C=Cc2ccc(F)cc2)c(OC)c1C. The molecule has 0 fully saturated rings. The first kappa shape index (κ1) is 18.5. The highest BCUT2D eigenvalue weighted by Gasteiger charge is 2.25. The van der Waals surface area contributed by atoms with Crippen LogP contribution in [0.15, 0.2) is 30.3 Å². The second-order valence-electron chi connectivity index (χ2n) is 5.47. The van der Waals surface area contributed by atoms with Crippen molar-refractivity contribution in [2.45, 2.75) is 13.8 Å². The van der Waals surface area contributed by atoms with Crippen LogP contribution in [0.4, 0.5) is 4.39 Å². The van der Waals surface area contributed by atoms with Crippen molar-refractivity contribution in [2.24, 2.45) is 0 Å². The van der Waals surface area contributed by atoms with Crippen LogP contribution < -0.4 is 14.2 Å². The Bertz CT molecular complexity index is 776. The lowest BCUT2D eigenvalue weighted by atomic mass is 9.98. The van der Waals surface area contributed by atoms with Crippen molar-refractivity contribution in [1.82, 2.24) is 0 Å². The van der Waals surface area contributed by atoms with Gasteiger partial charge in [-0.05, 0) is 37.6 Å². The molecule has 5 heteroatoms. The van der Waals surface area contributed by atoms with Crippen molar-refractivity contribution in [2.75, 3.05) is 21.3 Å². The third-order valence-electron chi connectivity index (χ3n) is 3.97. The second kappa shape index (κ2) is 7.83. The Morgan fingerprint density at radius 1 is 0.880 bits per heavy atom. The number of ketones is 1. The van der Waals surface area contributed by atoms with Crippen molar-refractivity contribution in [1.29, 1.82) is 0 Å². The summed E-state index contributed by atoms with van der Waals surface area (Å²) >= 11 is 0. The molecule has 132 valence electrons. The molecule has 0 bridgehead atoms. The average molecular weight is 344 g/mol. The van der Waals surface area contributed by atoms with E-state index in [1.807, 2.05) is 13.8 Å². The molecular weight excluding hydrogens is 323 g/mol. The monoisotopic (exact) mass is 344 g/mol. The molecular formula is C20H21FO4. The van der Waals surface area contributed by atoms with Crippen molar-refractivity contribution >= 4 is 11.9 Å². The molecule has 0 radical (unpaired) electrons. The summed E-state index contributed by atoms with van der Waals surface area (Å²) in [6.07, 6.45) is 3.04. The summed E-state index contributed by atoms with van der Waals surface area (Å²) in [7, 11) is 4.55. The van der Waals surface area contributed by atoms with Crippen LogP contribution in [0, 0.1) is 19.7 Å². The maximum Gasteiger partial charge on any atom is 0.193 e. The Morgan fingerprint density at radius 3 is 1.80 bits per heavy atom. The van der Waals surface area contributed by atoms with E-state index in [0.717, 1.165) is 16.7 Å². The number of carbonyl (C=O) groups is 1. The predicted molar refractivity (Wildman–Crippen MR) is 95.3 cm³/mol. The second-order valence-corrected chi connectivity index (χ2v) is 5.47. The molecule has 0 aliphatic rings. The molecule has 2 aromatic carbocycles. The van der Waals surface area contributed by atoms with Gasteiger partial charge in [0.25, 0.3) is 0 Å². The van der Waals surface area contributed by atoms with E-state index >= 15 is 0 Å². The summed E-state index contributed by atoms with van der Waals surface area (Å²) < 4.78 is 29.3. The summed E-state index contributed by atoms with van der Waals surface area (Å²) in [5.74, 6) is 0.842. The van der Waals surface area contributed by atoms with Crippen LogP contribution in [0.1, 0.15) is 27.0 Å². The van der Waals surface area contributed by atoms with Gasteiger partial charge in [0.05, 0.1) is 21.3 Å². The van der Waals surface area contributed by atoms with Gasteiger partial charge in [0, 0.05) is 11.1 Å². The molecule has 0 aromatic heterocycles. The first-order chi connectivity index (χ1) is 11.9. The van der Waals surface area contributed by atoms with Gasteiger partial charge in [0.2, 0.25) is 0 Å². The molecule has 4 nitrogen and oxygen atoms in total. The Labute approximate surface area is 146 Å². The number of carbonyl (C=O) groups excluding carboxylic acids is 1. The van der Waals surface area contributed by atoms with Crippen molar-refractivity contribution < 1.29 is 23.4 Å². The minimum atomic E-state index is -0.326. The molecule has 0 amide bonds. The number of rotatable bonds is 6. The highest BCUT2D eigenvalue weighted by atomic mass is 19.1. The number of methoxy groups -OCH3 is 3. The van der Waals surface area contributed by atoms with Gasteiger partial charge in [-0.1, -0.05) is 18.2 Å². The molecule has 0 aliphatic carbocycles. The third kappa shape index (κ3) is 3.65. The number of hydrogen-bond acceptors (Lipinski definition) is 4. The Kier molecular flexibility index (Phi) is 5.80. The zero-order chi connectivity index (χ0) is 18.6. The van der Waals surface area contributed by atoms with Crippen LogP contribution in [0.3, 0.4) is 0 Å².